The minimum absolute atomic E-state index is 0.0716. The monoisotopic (exact) mass is 584 g/mol. The molecule has 3 aromatic rings. The normalized spacial score (nSPS) is 15.7. The van der Waals surface area contributed by atoms with Gasteiger partial charge in [0.05, 0.1) is 35.1 Å². The van der Waals surface area contributed by atoms with Crippen molar-refractivity contribution in [2.45, 2.75) is 32.9 Å². The quantitative estimate of drug-likeness (QED) is 0.266. The third-order valence-electron chi connectivity index (χ3n) is 6.06. The number of hydrogen-bond donors (Lipinski definition) is 0. The Morgan fingerprint density at radius 2 is 1.80 bits per heavy atom. The van der Waals surface area contributed by atoms with Crippen molar-refractivity contribution < 1.29 is 28.5 Å². The first-order valence-electron chi connectivity index (χ1n) is 12.6. The number of esters is 2. The fraction of sp³-hybridized carbons (Fsp3) is 0.310. The minimum Gasteiger partial charge on any atom is -0.479 e. The van der Waals surface area contributed by atoms with E-state index in [2.05, 4.69) is 4.99 Å². The molecule has 2 unspecified atom stereocenters. The second kappa shape index (κ2) is 13.1. The number of fused-ring (bicyclic) bond motifs is 1. The van der Waals surface area contributed by atoms with E-state index < -0.39 is 24.1 Å². The molecule has 0 radical (unpaired) electrons. The van der Waals surface area contributed by atoms with Crippen LogP contribution in [0.15, 0.2) is 69.6 Å². The van der Waals surface area contributed by atoms with Crippen LogP contribution in [0.3, 0.4) is 0 Å². The summed E-state index contributed by atoms with van der Waals surface area (Å²) >= 11 is 7.34. The van der Waals surface area contributed by atoms with Gasteiger partial charge in [0, 0.05) is 12.1 Å². The third kappa shape index (κ3) is 6.52. The Morgan fingerprint density at radius 3 is 2.45 bits per heavy atom. The van der Waals surface area contributed by atoms with E-state index in [0.29, 0.717) is 31.4 Å². The number of ether oxygens (including phenoxy) is 4. The van der Waals surface area contributed by atoms with E-state index in [1.807, 2.05) is 0 Å². The van der Waals surface area contributed by atoms with Crippen molar-refractivity contribution in [1.82, 2.24) is 4.57 Å². The first-order chi connectivity index (χ1) is 19.2. The second-order valence-electron chi connectivity index (χ2n) is 8.84. The smallest absolute Gasteiger partial charge is 0.347 e. The van der Waals surface area contributed by atoms with E-state index in [9.17, 15) is 14.4 Å². The molecule has 0 fully saturated rings. The minimum atomic E-state index is -0.749. The molecule has 1 aromatic heterocycles. The summed E-state index contributed by atoms with van der Waals surface area (Å²) in [5.41, 5.74) is 1.89. The number of carbonyl (C=O) groups excluding carboxylic acids is 2. The van der Waals surface area contributed by atoms with Crippen LogP contribution in [0.2, 0.25) is 5.02 Å². The Hall–Kier alpha value is -3.73. The van der Waals surface area contributed by atoms with E-state index >= 15 is 0 Å². The maximum Gasteiger partial charge on any atom is 0.347 e. The number of methoxy groups -OCH3 is 1. The van der Waals surface area contributed by atoms with Gasteiger partial charge in [-0.15, -0.1) is 0 Å². The van der Waals surface area contributed by atoms with Gasteiger partial charge in [0.15, 0.2) is 10.9 Å². The Balaban J connectivity index is 1.71. The lowest BCUT2D eigenvalue weighted by molar-refractivity contribution is -0.150. The predicted octanol–water partition coefficient (Wildman–Crippen LogP) is 3.41. The number of benzene rings is 2. The van der Waals surface area contributed by atoms with Crippen LogP contribution in [0.4, 0.5) is 0 Å². The second-order valence-corrected chi connectivity index (χ2v) is 10.3. The van der Waals surface area contributed by atoms with Gasteiger partial charge in [0.2, 0.25) is 0 Å². The number of allylic oxidation sites excluding steroid dienone is 1. The van der Waals surface area contributed by atoms with Gasteiger partial charge < -0.3 is 18.9 Å². The molecule has 2 atom stereocenters. The Morgan fingerprint density at radius 1 is 1.10 bits per heavy atom. The molecule has 0 N–H and O–H groups in total. The number of carbonyl (C=O) groups is 2. The topological polar surface area (TPSA) is 105 Å². The number of aromatic nitrogens is 1. The molecular formula is C29H29ClN2O7S. The molecule has 1 aliphatic rings. The van der Waals surface area contributed by atoms with Gasteiger partial charge in [-0.25, -0.2) is 14.6 Å². The molecule has 0 amide bonds. The summed E-state index contributed by atoms with van der Waals surface area (Å²) in [6, 6.07) is 13.2. The highest BCUT2D eigenvalue weighted by Crippen LogP contribution is 2.31. The molecule has 0 bridgehead atoms. The van der Waals surface area contributed by atoms with Crippen LogP contribution in [0, 0.1) is 0 Å². The average Bonchev–Trinajstić information content (AvgIpc) is 3.23. The number of hydrogen-bond acceptors (Lipinski definition) is 9. The molecule has 0 saturated carbocycles. The molecule has 2 aromatic carbocycles. The molecule has 210 valence electrons. The number of nitrogens with zero attached hydrogens (tertiary/aromatic N) is 2. The molecule has 0 saturated heterocycles. The average molecular weight is 585 g/mol. The van der Waals surface area contributed by atoms with Crippen LogP contribution < -0.4 is 19.6 Å². The maximum atomic E-state index is 13.7. The predicted molar refractivity (Wildman–Crippen MR) is 151 cm³/mol. The van der Waals surface area contributed by atoms with Gasteiger partial charge in [0.1, 0.15) is 12.4 Å². The number of thiazole rings is 1. The molecular weight excluding hydrogens is 556 g/mol. The molecule has 4 rings (SSSR count). The van der Waals surface area contributed by atoms with Crippen LogP contribution in [0.1, 0.15) is 37.9 Å². The zero-order valence-electron chi connectivity index (χ0n) is 22.5. The molecule has 0 aliphatic carbocycles. The highest BCUT2D eigenvalue weighted by molar-refractivity contribution is 7.07. The first kappa shape index (κ1) is 29.3. The van der Waals surface area contributed by atoms with E-state index in [4.69, 9.17) is 30.5 Å². The summed E-state index contributed by atoms with van der Waals surface area (Å²) < 4.78 is 23.0. The Bertz CT molecular complexity index is 1590. The van der Waals surface area contributed by atoms with Gasteiger partial charge in [0.25, 0.3) is 5.56 Å². The molecule has 11 heteroatoms. The van der Waals surface area contributed by atoms with Crippen molar-refractivity contribution in [2.75, 3.05) is 26.9 Å². The van der Waals surface area contributed by atoms with Crippen molar-refractivity contribution in [2.24, 2.45) is 4.99 Å². The molecule has 0 spiro atoms. The van der Waals surface area contributed by atoms with Gasteiger partial charge in [-0.05, 0) is 62.2 Å². The van der Waals surface area contributed by atoms with Crippen molar-refractivity contribution in [1.29, 1.82) is 0 Å². The van der Waals surface area contributed by atoms with E-state index in [-0.39, 0.29) is 31.0 Å². The summed E-state index contributed by atoms with van der Waals surface area (Å²) in [7, 11) is 1.52. The SMILES string of the molecule is CCOC(=O)C(C)Oc1ccc(C=c2sc3n(c2=O)C(c2ccc(Cl)cc2)C(C(=O)OCCOC)=C(C)N=3)cc1. The number of halogens is 1. The number of rotatable bonds is 10. The zero-order valence-corrected chi connectivity index (χ0v) is 24.1. The molecule has 9 nitrogen and oxygen atoms in total. The van der Waals surface area contributed by atoms with Gasteiger partial charge in [-0.3, -0.25) is 9.36 Å². The fourth-order valence-electron chi connectivity index (χ4n) is 4.14. The summed E-state index contributed by atoms with van der Waals surface area (Å²) in [6.07, 6.45) is 0.998. The largest absolute Gasteiger partial charge is 0.479 e. The molecule has 1 aliphatic heterocycles. The lowest BCUT2D eigenvalue weighted by Crippen LogP contribution is -2.40. The lowest BCUT2D eigenvalue weighted by atomic mass is 9.96. The standard InChI is InChI=1S/C29H29ClN2O7S/c1-5-37-27(34)18(3)39-22-12-6-19(7-13-22)16-23-26(33)32-25(20-8-10-21(30)11-9-20)24(17(2)31-29(32)40-23)28(35)38-15-14-36-4/h6-13,16,18,25H,5,14-15H2,1-4H3. The van der Waals surface area contributed by atoms with Crippen LogP contribution in [-0.4, -0.2) is 49.5 Å². The van der Waals surface area contributed by atoms with Crippen LogP contribution in [-0.2, 0) is 23.8 Å². The zero-order chi connectivity index (χ0) is 28.8. The van der Waals surface area contributed by atoms with E-state index in [1.54, 1.807) is 75.4 Å². The summed E-state index contributed by atoms with van der Waals surface area (Å²) in [5.74, 6) is -0.519. The maximum absolute atomic E-state index is 13.7. The fourth-order valence-corrected chi connectivity index (χ4v) is 5.32. The first-order valence-corrected chi connectivity index (χ1v) is 13.8. The van der Waals surface area contributed by atoms with Gasteiger partial charge in [-0.1, -0.05) is 47.2 Å². The van der Waals surface area contributed by atoms with Crippen LogP contribution >= 0.6 is 22.9 Å². The third-order valence-corrected chi connectivity index (χ3v) is 7.29. The van der Waals surface area contributed by atoms with E-state index in [1.165, 1.54) is 23.0 Å². The van der Waals surface area contributed by atoms with Gasteiger partial charge >= 0.3 is 11.9 Å². The highest BCUT2D eigenvalue weighted by Gasteiger charge is 2.33. The summed E-state index contributed by atoms with van der Waals surface area (Å²) in [6.45, 7) is 5.67. The highest BCUT2D eigenvalue weighted by atomic mass is 35.5. The Labute approximate surface area is 239 Å². The van der Waals surface area contributed by atoms with Crippen molar-refractivity contribution in [3.8, 4) is 5.75 Å². The van der Waals surface area contributed by atoms with Crippen molar-refractivity contribution in [3.63, 3.8) is 0 Å². The summed E-state index contributed by atoms with van der Waals surface area (Å²) in [4.78, 5) is 43.8. The Kier molecular flexibility index (Phi) is 9.57. The lowest BCUT2D eigenvalue weighted by Gasteiger charge is -2.24. The van der Waals surface area contributed by atoms with Crippen molar-refractivity contribution in [3.05, 3.63) is 95.6 Å². The van der Waals surface area contributed by atoms with Crippen LogP contribution in [0.25, 0.3) is 6.08 Å². The molecule has 2 heterocycles. The van der Waals surface area contributed by atoms with Gasteiger partial charge in [-0.2, -0.15) is 0 Å². The van der Waals surface area contributed by atoms with Crippen LogP contribution in [0.5, 0.6) is 5.75 Å². The van der Waals surface area contributed by atoms with Crippen molar-refractivity contribution >= 4 is 41.0 Å². The van der Waals surface area contributed by atoms with E-state index in [0.717, 1.165) is 5.56 Å². The summed E-state index contributed by atoms with van der Waals surface area (Å²) in [5, 5.41) is 0.533. The molecule has 40 heavy (non-hydrogen) atoms.